The summed E-state index contributed by atoms with van der Waals surface area (Å²) in [6, 6.07) is 8.64. The normalized spacial score (nSPS) is 11.7. The zero-order valence-electron chi connectivity index (χ0n) is 11.9. The Morgan fingerprint density at radius 1 is 1.23 bits per heavy atom. The molecule has 0 amide bonds. The summed E-state index contributed by atoms with van der Waals surface area (Å²) in [7, 11) is -3.28. The number of hydrogen-bond donors (Lipinski definition) is 3. The first-order valence-electron chi connectivity index (χ1n) is 6.57. The number of aromatic amines is 1. The van der Waals surface area contributed by atoms with Gasteiger partial charge in [-0.2, -0.15) is 4.98 Å². The van der Waals surface area contributed by atoms with Crippen molar-refractivity contribution < 1.29 is 8.42 Å². The number of nitrogens with one attached hydrogen (secondary N) is 2. The molecule has 0 atom stereocenters. The summed E-state index contributed by atoms with van der Waals surface area (Å²) in [6.07, 6.45) is 2.94. The molecule has 0 spiro atoms. The highest BCUT2D eigenvalue weighted by molar-refractivity contribution is 7.90. The molecule has 0 aliphatic rings. The van der Waals surface area contributed by atoms with Gasteiger partial charge >= 0.3 is 0 Å². The predicted octanol–water partition coefficient (Wildman–Crippen LogP) is 1.56. The van der Waals surface area contributed by atoms with Crippen LogP contribution in [0.2, 0.25) is 0 Å². The maximum Gasteiger partial charge on any atom is 0.222 e. The second kappa shape index (κ2) is 5.30. The molecule has 0 saturated heterocycles. The highest BCUT2D eigenvalue weighted by atomic mass is 32.2. The van der Waals surface area contributed by atoms with Gasteiger partial charge in [0.2, 0.25) is 5.95 Å². The molecule has 1 aromatic carbocycles. The molecule has 2 aromatic heterocycles. The summed E-state index contributed by atoms with van der Waals surface area (Å²) in [6.45, 7) is 0.313. The first-order valence-corrected chi connectivity index (χ1v) is 8.47. The molecule has 4 N–H and O–H groups in total. The largest absolute Gasteiger partial charge is 0.368 e. The minimum Gasteiger partial charge on any atom is -0.368 e. The lowest BCUT2D eigenvalue weighted by molar-refractivity contribution is 0.601. The van der Waals surface area contributed by atoms with Crippen LogP contribution in [0.4, 0.5) is 11.8 Å². The van der Waals surface area contributed by atoms with Gasteiger partial charge in [0, 0.05) is 19.0 Å². The van der Waals surface area contributed by atoms with Crippen molar-refractivity contribution in [3.63, 3.8) is 0 Å². The minimum absolute atomic E-state index is 0.158. The Morgan fingerprint density at radius 2 is 2.00 bits per heavy atom. The van der Waals surface area contributed by atoms with Crippen LogP contribution in [0.3, 0.4) is 0 Å². The van der Waals surface area contributed by atoms with E-state index >= 15 is 0 Å². The van der Waals surface area contributed by atoms with Gasteiger partial charge < -0.3 is 16.0 Å². The molecular weight excluding hydrogens is 302 g/mol. The zero-order valence-corrected chi connectivity index (χ0v) is 12.7. The number of rotatable bonds is 4. The Bertz CT molecular complexity index is 933. The van der Waals surface area contributed by atoms with E-state index in [1.54, 1.807) is 36.5 Å². The van der Waals surface area contributed by atoms with Crippen molar-refractivity contribution in [3.05, 3.63) is 42.1 Å². The number of hydrogen-bond acceptors (Lipinski definition) is 6. The van der Waals surface area contributed by atoms with E-state index in [4.69, 9.17) is 5.73 Å². The Balaban J connectivity index is 1.94. The number of fused-ring (bicyclic) bond motifs is 1. The number of sulfone groups is 1. The van der Waals surface area contributed by atoms with Gasteiger partial charge in [0.25, 0.3) is 0 Å². The average Bonchev–Trinajstić information content (AvgIpc) is 2.92. The van der Waals surface area contributed by atoms with E-state index in [1.165, 1.54) is 6.26 Å². The predicted molar refractivity (Wildman–Crippen MR) is 85.2 cm³/mol. The number of nitrogens with zero attached hydrogens (tertiary/aromatic N) is 2. The Hall–Kier alpha value is -2.61. The van der Waals surface area contributed by atoms with Crippen molar-refractivity contribution in [2.75, 3.05) is 17.3 Å². The first kappa shape index (κ1) is 14.3. The second-order valence-electron chi connectivity index (χ2n) is 4.90. The number of aromatic nitrogens is 3. The van der Waals surface area contributed by atoms with Gasteiger partial charge in [-0.05, 0) is 17.7 Å². The highest BCUT2D eigenvalue weighted by Gasteiger charge is 2.13. The van der Waals surface area contributed by atoms with Crippen LogP contribution in [0.1, 0.15) is 5.56 Å². The number of nitrogens with two attached hydrogens (primary N) is 1. The standard InChI is InChI=1S/C14H15N5O2S/c1-22(20,21)11-5-3-2-4-9(11)8-17-13-12-10(6-7-16-12)18-14(15)19-13/h2-7,16H,8H2,1H3,(H3,15,17,18,19). The minimum atomic E-state index is -3.28. The third-order valence-electron chi connectivity index (χ3n) is 3.24. The second-order valence-corrected chi connectivity index (χ2v) is 6.89. The molecule has 0 unspecified atom stereocenters. The molecular formula is C14H15N5O2S. The Labute approximate surface area is 127 Å². The molecule has 0 aliphatic heterocycles. The summed E-state index contributed by atoms with van der Waals surface area (Å²) >= 11 is 0. The topological polar surface area (TPSA) is 114 Å². The maximum absolute atomic E-state index is 11.8. The van der Waals surface area contributed by atoms with Crippen LogP contribution in [0.25, 0.3) is 11.0 Å². The first-order chi connectivity index (χ1) is 10.4. The van der Waals surface area contributed by atoms with Crippen LogP contribution in [-0.4, -0.2) is 29.6 Å². The highest BCUT2D eigenvalue weighted by Crippen LogP contribution is 2.21. The number of H-pyrrole nitrogens is 1. The average molecular weight is 317 g/mol. The third kappa shape index (κ3) is 2.73. The van der Waals surface area contributed by atoms with Crippen molar-refractivity contribution in [3.8, 4) is 0 Å². The van der Waals surface area contributed by atoms with E-state index in [0.29, 0.717) is 28.3 Å². The SMILES string of the molecule is CS(=O)(=O)c1ccccc1CNc1nc(N)nc2cc[nH]c12. The summed E-state index contributed by atoms with van der Waals surface area (Å²) in [5.41, 5.74) is 7.78. The van der Waals surface area contributed by atoms with Crippen LogP contribution >= 0.6 is 0 Å². The molecule has 0 fully saturated rings. The van der Waals surface area contributed by atoms with Gasteiger partial charge in [0.15, 0.2) is 15.7 Å². The quantitative estimate of drug-likeness (QED) is 0.673. The van der Waals surface area contributed by atoms with E-state index in [2.05, 4.69) is 20.3 Å². The fourth-order valence-corrected chi connectivity index (χ4v) is 3.22. The van der Waals surface area contributed by atoms with Gasteiger partial charge in [0.1, 0.15) is 5.52 Å². The van der Waals surface area contributed by atoms with Gasteiger partial charge in [-0.25, -0.2) is 13.4 Å². The van der Waals surface area contributed by atoms with Crippen molar-refractivity contribution in [1.82, 2.24) is 15.0 Å². The van der Waals surface area contributed by atoms with Gasteiger partial charge in [-0.15, -0.1) is 0 Å². The molecule has 114 valence electrons. The van der Waals surface area contributed by atoms with Crippen molar-refractivity contribution >= 4 is 32.6 Å². The smallest absolute Gasteiger partial charge is 0.222 e. The lowest BCUT2D eigenvalue weighted by Gasteiger charge is -2.10. The monoisotopic (exact) mass is 317 g/mol. The summed E-state index contributed by atoms with van der Waals surface area (Å²) < 4.78 is 23.6. The molecule has 22 heavy (non-hydrogen) atoms. The molecule has 7 nitrogen and oxygen atoms in total. The molecule has 0 radical (unpaired) electrons. The maximum atomic E-state index is 11.8. The van der Waals surface area contributed by atoms with Crippen molar-refractivity contribution in [2.24, 2.45) is 0 Å². The fraction of sp³-hybridized carbons (Fsp3) is 0.143. The zero-order chi connectivity index (χ0) is 15.7. The van der Waals surface area contributed by atoms with Crippen LogP contribution in [0.15, 0.2) is 41.4 Å². The molecule has 0 saturated carbocycles. The van der Waals surface area contributed by atoms with Gasteiger partial charge in [0.05, 0.1) is 10.4 Å². The Kier molecular flexibility index (Phi) is 3.45. The lowest BCUT2D eigenvalue weighted by Crippen LogP contribution is -2.09. The summed E-state index contributed by atoms with van der Waals surface area (Å²) in [5.74, 6) is 0.696. The molecule has 3 aromatic rings. The molecule has 8 heteroatoms. The van der Waals surface area contributed by atoms with Gasteiger partial charge in [-0.3, -0.25) is 0 Å². The third-order valence-corrected chi connectivity index (χ3v) is 4.44. The van der Waals surface area contributed by atoms with Crippen LogP contribution in [-0.2, 0) is 16.4 Å². The molecule has 3 rings (SSSR count). The van der Waals surface area contributed by atoms with Crippen LogP contribution < -0.4 is 11.1 Å². The summed E-state index contributed by atoms with van der Waals surface area (Å²) in [5, 5.41) is 3.12. The van der Waals surface area contributed by atoms with E-state index in [1.807, 2.05) is 0 Å². The molecule has 0 aliphatic carbocycles. The molecule has 2 heterocycles. The number of nitrogen functional groups attached to an aromatic ring is 1. The fourth-order valence-electron chi connectivity index (χ4n) is 2.28. The van der Waals surface area contributed by atoms with Crippen LogP contribution in [0, 0.1) is 0 Å². The Morgan fingerprint density at radius 3 is 2.77 bits per heavy atom. The van der Waals surface area contributed by atoms with E-state index in [-0.39, 0.29) is 5.95 Å². The van der Waals surface area contributed by atoms with Crippen molar-refractivity contribution in [1.29, 1.82) is 0 Å². The summed E-state index contributed by atoms with van der Waals surface area (Å²) in [4.78, 5) is 11.6. The van der Waals surface area contributed by atoms with Gasteiger partial charge in [-0.1, -0.05) is 18.2 Å². The van der Waals surface area contributed by atoms with E-state index < -0.39 is 9.84 Å². The van der Waals surface area contributed by atoms with E-state index in [9.17, 15) is 8.42 Å². The molecule has 0 bridgehead atoms. The van der Waals surface area contributed by atoms with Crippen molar-refractivity contribution in [2.45, 2.75) is 11.4 Å². The van der Waals surface area contributed by atoms with E-state index in [0.717, 1.165) is 5.52 Å². The number of anilines is 2. The number of benzene rings is 1. The van der Waals surface area contributed by atoms with Crippen LogP contribution in [0.5, 0.6) is 0 Å². The lowest BCUT2D eigenvalue weighted by atomic mass is 10.2.